The fraction of sp³-hybridized carbons (Fsp3) is 0.294. The van der Waals surface area contributed by atoms with Crippen LogP contribution in [-0.2, 0) is 0 Å². The number of halogens is 3. The van der Waals surface area contributed by atoms with E-state index in [1.54, 1.807) is 6.92 Å². The normalized spacial score (nSPS) is 7.68. The lowest BCUT2D eigenvalue weighted by Gasteiger charge is -1.82. The van der Waals surface area contributed by atoms with Gasteiger partial charge in [0.2, 0.25) is 0 Å². The Labute approximate surface area is 149 Å². The van der Waals surface area contributed by atoms with Crippen LogP contribution in [0.25, 0.3) is 0 Å². The SMILES string of the molecule is CCO.CO.Cc1ccccc1.ClC(Cl)Cl.c1ccccc1. The molecule has 0 heterocycles. The number of aliphatic hydroxyl groups is 2. The first-order valence-corrected chi connectivity index (χ1v) is 7.85. The van der Waals surface area contributed by atoms with Gasteiger partial charge in [0.25, 0.3) is 0 Å². The molecule has 0 spiro atoms. The van der Waals surface area contributed by atoms with E-state index >= 15 is 0 Å². The predicted octanol–water partition coefficient (Wildman–Crippen LogP) is 5.28. The Morgan fingerprint density at radius 3 is 1.09 bits per heavy atom. The van der Waals surface area contributed by atoms with Crippen molar-refractivity contribution in [3.8, 4) is 0 Å². The Morgan fingerprint density at radius 2 is 0.955 bits per heavy atom. The van der Waals surface area contributed by atoms with E-state index in [4.69, 9.17) is 45.0 Å². The third kappa shape index (κ3) is 36.5. The highest BCUT2D eigenvalue weighted by atomic mass is 35.6. The maximum absolute atomic E-state index is 7.57. The quantitative estimate of drug-likeness (QED) is 0.622. The Kier molecular flexibility index (Phi) is 29.9. The molecule has 22 heavy (non-hydrogen) atoms. The summed E-state index contributed by atoms with van der Waals surface area (Å²) in [6.07, 6.45) is 0. The first kappa shape index (κ1) is 26.1. The minimum Gasteiger partial charge on any atom is -0.400 e. The van der Waals surface area contributed by atoms with Crippen LogP contribution in [0.3, 0.4) is 0 Å². The number of aliphatic hydroxyl groups excluding tert-OH is 2. The number of hydrogen-bond donors (Lipinski definition) is 2. The minimum absolute atomic E-state index is 0.250. The van der Waals surface area contributed by atoms with Crippen LogP contribution < -0.4 is 0 Å². The molecule has 0 aliphatic carbocycles. The molecule has 0 bridgehead atoms. The Bertz CT molecular complexity index is 341. The second-order valence-electron chi connectivity index (χ2n) is 3.37. The van der Waals surface area contributed by atoms with E-state index in [0.29, 0.717) is 0 Å². The van der Waals surface area contributed by atoms with E-state index in [-0.39, 0.29) is 6.61 Å². The minimum atomic E-state index is -0.750. The van der Waals surface area contributed by atoms with Gasteiger partial charge in [0.15, 0.2) is 4.30 Å². The van der Waals surface area contributed by atoms with Crippen molar-refractivity contribution in [1.82, 2.24) is 0 Å². The maximum Gasteiger partial charge on any atom is 0.180 e. The second kappa shape index (κ2) is 25.2. The summed E-state index contributed by atoms with van der Waals surface area (Å²) in [4.78, 5) is 0. The van der Waals surface area contributed by atoms with Crippen LogP contribution >= 0.6 is 34.8 Å². The summed E-state index contributed by atoms with van der Waals surface area (Å²) in [6.45, 7) is 4.01. The number of rotatable bonds is 0. The largest absolute Gasteiger partial charge is 0.400 e. The molecule has 0 radical (unpaired) electrons. The molecule has 5 heteroatoms. The number of hydrogen-bond acceptors (Lipinski definition) is 2. The third-order valence-corrected chi connectivity index (χ3v) is 1.61. The van der Waals surface area contributed by atoms with Gasteiger partial charge in [-0.1, -0.05) is 107 Å². The molecule has 0 amide bonds. The lowest BCUT2D eigenvalue weighted by atomic mass is 10.2. The second-order valence-corrected chi connectivity index (χ2v) is 5.35. The predicted molar refractivity (Wildman–Crippen MR) is 99.9 cm³/mol. The smallest absolute Gasteiger partial charge is 0.180 e. The van der Waals surface area contributed by atoms with Gasteiger partial charge in [-0.3, -0.25) is 0 Å². The average Bonchev–Trinajstić information content (AvgIpc) is 2.53. The van der Waals surface area contributed by atoms with E-state index in [1.165, 1.54) is 5.56 Å². The number of alkyl halides is 3. The van der Waals surface area contributed by atoms with Crippen molar-refractivity contribution in [2.24, 2.45) is 0 Å². The van der Waals surface area contributed by atoms with Crippen LogP contribution in [0.1, 0.15) is 12.5 Å². The molecule has 0 atom stereocenters. The standard InChI is InChI=1S/C7H8.C6H6.C2H6O.CHCl3.CH4O/c1-7-5-3-2-4-6-7;1-2-4-6-5-3-1;1-2-3;2-1(3)4;1-2/h2-6H,1H3;1-6H;3H,2H2,1H3;1H;2H,1H3. The zero-order valence-electron chi connectivity index (χ0n) is 13.2. The molecule has 2 aromatic carbocycles. The Hall–Kier alpha value is -0.770. The van der Waals surface area contributed by atoms with Crippen LogP contribution in [0.2, 0.25) is 0 Å². The maximum atomic E-state index is 7.57. The first-order valence-electron chi connectivity index (χ1n) is 6.54. The lowest BCUT2D eigenvalue weighted by molar-refractivity contribution is 0.318. The van der Waals surface area contributed by atoms with E-state index in [0.717, 1.165) is 7.11 Å². The van der Waals surface area contributed by atoms with E-state index in [9.17, 15) is 0 Å². The lowest BCUT2D eigenvalue weighted by Crippen LogP contribution is -1.62. The Morgan fingerprint density at radius 1 is 0.773 bits per heavy atom. The van der Waals surface area contributed by atoms with Crippen molar-refractivity contribution in [2.75, 3.05) is 13.7 Å². The van der Waals surface area contributed by atoms with Crippen molar-refractivity contribution in [3.05, 3.63) is 72.3 Å². The summed E-state index contributed by atoms with van der Waals surface area (Å²) in [5.74, 6) is 0. The number of aryl methyl sites for hydroxylation is 1. The molecule has 0 aliphatic rings. The Balaban J connectivity index is -0.000000221. The van der Waals surface area contributed by atoms with Gasteiger partial charge < -0.3 is 10.2 Å². The van der Waals surface area contributed by atoms with Crippen LogP contribution in [0.5, 0.6) is 0 Å². The molecule has 0 unspecified atom stereocenters. The van der Waals surface area contributed by atoms with Crippen molar-refractivity contribution in [2.45, 2.75) is 18.1 Å². The van der Waals surface area contributed by atoms with Gasteiger partial charge in [0.1, 0.15) is 0 Å². The molecular weight excluding hydrogens is 343 g/mol. The highest BCUT2D eigenvalue weighted by Crippen LogP contribution is 2.03. The van der Waals surface area contributed by atoms with Crippen molar-refractivity contribution >= 4 is 34.8 Å². The molecule has 0 saturated carbocycles. The zero-order valence-corrected chi connectivity index (χ0v) is 15.4. The summed E-state index contributed by atoms with van der Waals surface area (Å²) in [7, 11) is 1.00. The summed E-state index contributed by atoms with van der Waals surface area (Å²) in [5, 5.41) is 14.6. The van der Waals surface area contributed by atoms with Crippen LogP contribution in [0, 0.1) is 6.92 Å². The molecular formula is C17H25Cl3O2. The third-order valence-electron chi connectivity index (χ3n) is 1.61. The summed E-state index contributed by atoms with van der Waals surface area (Å²) < 4.78 is -0.750. The van der Waals surface area contributed by atoms with Crippen molar-refractivity contribution in [1.29, 1.82) is 0 Å². The molecule has 126 valence electrons. The van der Waals surface area contributed by atoms with E-state index < -0.39 is 4.30 Å². The summed E-state index contributed by atoms with van der Waals surface area (Å²) in [5.41, 5.74) is 1.32. The van der Waals surface area contributed by atoms with Crippen molar-refractivity contribution in [3.63, 3.8) is 0 Å². The summed E-state index contributed by atoms with van der Waals surface area (Å²) in [6, 6.07) is 22.3. The zero-order chi connectivity index (χ0) is 17.6. The average molecular weight is 368 g/mol. The fourth-order valence-corrected chi connectivity index (χ4v) is 0.919. The first-order chi connectivity index (χ1) is 10.5. The molecule has 0 saturated heterocycles. The van der Waals surface area contributed by atoms with Gasteiger partial charge in [-0.15, -0.1) is 0 Å². The highest BCUT2D eigenvalue weighted by molar-refractivity contribution is 6.63. The van der Waals surface area contributed by atoms with Gasteiger partial charge in [-0.05, 0) is 13.8 Å². The summed E-state index contributed by atoms with van der Waals surface area (Å²) >= 11 is 14.4. The monoisotopic (exact) mass is 366 g/mol. The van der Waals surface area contributed by atoms with Gasteiger partial charge in [-0.2, -0.15) is 0 Å². The van der Waals surface area contributed by atoms with Crippen molar-refractivity contribution < 1.29 is 10.2 Å². The van der Waals surface area contributed by atoms with Gasteiger partial charge in [-0.25, -0.2) is 0 Å². The molecule has 0 aromatic heterocycles. The van der Waals surface area contributed by atoms with Crippen LogP contribution in [0.4, 0.5) is 0 Å². The van der Waals surface area contributed by atoms with Gasteiger partial charge >= 0.3 is 0 Å². The van der Waals surface area contributed by atoms with E-state index in [2.05, 4.69) is 19.1 Å². The molecule has 0 aliphatic heterocycles. The molecule has 2 aromatic rings. The van der Waals surface area contributed by atoms with Crippen LogP contribution in [-0.4, -0.2) is 28.2 Å². The fourth-order valence-electron chi connectivity index (χ4n) is 0.919. The van der Waals surface area contributed by atoms with Gasteiger partial charge in [0.05, 0.1) is 0 Å². The van der Waals surface area contributed by atoms with Crippen LogP contribution in [0.15, 0.2) is 66.7 Å². The van der Waals surface area contributed by atoms with Gasteiger partial charge in [0, 0.05) is 13.7 Å². The molecule has 2 N–H and O–H groups in total. The van der Waals surface area contributed by atoms with E-state index in [1.807, 2.05) is 54.6 Å². The highest BCUT2D eigenvalue weighted by Gasteiger charge is 1.78. The molecule has 2 nitrogen and oxygen atoms in total. The topological polar surface area (TPSA) is 40.5 Å². The number of benzene rings is 2. The molecule has 0 fully saturated rings. The molecule has 2 rings (SSSR count).